The molecule has 0 saturated carbocycles. The zero-order valence-corrected chi connectivity index (χ0v) is 11.7. The largest absolute Gasteiger partial charge is 0.461 e. The average Bonchev–Trinajstić information content (AvgIpc) is 2.84. The molecule has 1 heterocycles. The molecule has 0 atom stereocenters. The molecule has 0 spiro atoms. The molecule has 2 rings (SSSR count). The summed E-state index contributed by atoms with van der Waals surface area (Å²) < 4.78 is 6.73. The standard InChI is InChI=1S/C14H17N3O3/c1-4-20-14(18)12-13(16-19-3)15-9-17(12)11-7-5-10(2)6-8-11/h5-9,16H,4H2,1-3H3. The van der Waals surface area contributed by atoms with Gasteiger partial charge in [-0.1, -0.05) is 17.7 Å². The number of hydrogen-bond donors (Lipinski definition) is 1. The Labute approximate surface area is 117 Å². The molecule has 0 amide bonds. The molecule has 20 heavy (non-hydrogen) atoms. The first-order valence-corrected chi connectivity index (χ1v) is 6.27. The van der Waals surface area contributed by atoms with Gasteiger partial charge < -0.3 is 4.74 Å². The highest BCUT2D eigenvalue weighted by Crippen LogP contribution is 2.20. The van der Waals surface area contributed by atoms with Gasteiger partial charge in [-0.15, -0.1) is 0 Å². The van der Waals surface area contributed by atoms with Gasteiger partial charge in [0.2, 0.25) is 0 Å². The van der Waals surface area contributed by atoms with Gasteiger partial charge in [-0.25, -0.2) is 15.3 Å². The Morgan fingerprint density at radius 2 is 2.05 bits per heavy atom. The fourth-order valence-electron chi connectivity index (χ4n) is 1.82. The number of benzene rings is 1. The number of hydrogen-bond acceptors (Lipinski definition) is 5. The number of aryl methyl sites for hydroxylation is 1. The summed E-state index contributed by atoms with van der Waals surface area (Å²) in [5, 5.41) is 0. The molecule has 1 aromatic heterocycles. The van der Waals surface area contributed by atoms with Crippen LogP contribution >= 0.6 is 0 Å². The molecule has 6 nitrogen and oxygen atoms in total. The molecule has 1 aromatic carbocycles. The van der Waals surface area contributed by atoms with Gasteiger partial charge in [0.05, 0.1) is 13.7 Å². The Hall–Kier alpha value is -2.34. The summed E-state index contributed by atoms with van der Waals surface area (Å²) in [5.74, 6) is -0.128. The summed E-state index contributed by atoms with van der Waals surface area (Å²) in [6, 6.07) is 7.76. The zero-order valence-electron chi connectivity index (χ0n) is 11.7. The average molecular weight is 275 g/mol. The number of rotatable bonds is 5. The van der Waals surface area contributed by atoms with Gasteiger partial charge in [0.25, 0.3) is 0 Å². The summed E-state index contributed by atoms with van der Waals surface area (Å²) in [6.45, 7) is 4.06. The quantitative estimate of drug-likeness (QED) is 0.670. The second-order valence-electron chi connectivity index (χ2n) is 4.17. The van der Waals surface area contributed by atoms with E-state index in [9.17, 15) is 4.79 Å². The van der Waals surface area contributed by atoms with Crippen LogP contribution in [0.25, 0.3) is 5.69 Å². The number of ether oxygens (including phenoxy) is 1. The highest BCUT2D eigenvalue weighted by molar-refractivity contribution is 5.93. The van der Waals surface area contributed by atoms with Crippen molar-refractivity contribution in [1.82, 2.24) is 9.55 Å². The number of nitrogens with zero attached hydrogens (tertiary/aromatic N) is 2. The minimum Gasteiger partial charge on any atom is -0.461 e. The number of carbonyl (C=O) groups is 1. The molecule has 0 fully saturated rings. The van der Waals surface area contributed by atoms with Crippen LogP contribution in [0.1, 0.15) is 23.0 Å². The third-order valence-corrected chi connectivity index (χ3v) is 2.75. The van der Waals surface area contributed by atoms with Crippen LogP contribution in [0.4, 0.5) is 5.82 Å². The van der Waals surface area contributed by atoms with Crippen LogP contribution in [-0.4, -0.2) is 29.2 Å². The second kappa shape index (κ2) is 6.21. The second-order valence-corrected chi connectivity index (χ2v) is 4.17. The minimum absolute atomic E-state index is 0.296. The van der Waals surface area contributed by atoms with Gasteiger partial charge in [0.15, 0.2) is 11.5 Å². The highest BCUT2D eigenvalue weighted by Gasteiger charge is 2.21. The predicted octanol–water partition coefficient (Wildman–Crippen LogP) is 2.33. The van der Waals surface area contributed by atoms with E-state index in [1.54, 1.807) is 17.8 Å². The van der Waals surface area contributed by atoms with Gasteiger partial charge in [0, 0.05) is 5.69 Å². The fraction of sp³-hybridized carbons (Fsp3) is 0.286. The number of imidazole rings is 1. The molecular weight excluding hydrogens is 258 g/mol. The van der Waals surface area contributed by atoms with Crippen LogP contribution < -0.4 is 5.48 Å². The first-order chi connectivity index (χ1) is 9.67. The Bertz CT molecular complexity index is 590. The van der Waals surface area contributed by atoms with E-state index in [0.717, 1.165) is 11.3 Å². The molecule has 0 aliphatic rings. The van der Waals surface area contributed by atoms with Crippen LogP contribution in [0.3, 0.4) is 0 Å². The SMILES string of the molecule is CCOC(=O)c1c(NOC)ncn1-c1ccc(C)cc1. The Kier molecular flexibility index (Phi) is 4.37. The van der Waals surface area contributed by atoms with Crippen molar-refractivity contribution in [3.05, 3.63) is 41.9 Å². The maximum Gasteiger partial charge on any atom is 0.359 e. The fourth-order valence-corrected chi connectivity index (χ4v) is 1.82. The summed E-state index contributed by atoms with van der Waals surface area (Å²) >= 11 is 0. The molecule has 6 heteroatoms. The van der Waals surface area contributed by atoms with Crippen LogP contribution in [-0.2, 0) is 9.57 Å². The normalized spacial score (nSPS) is 10.3. The number of aromatic nitrogens is 2. The summed E-state index contributed by atoms with van der Waals surface area (Å²) in [7, 11) is 1.46. The van der Waals surface area contributed by atoms with Crippen molar-refractivity contribution in [3.63, 3.8) is 0 Å². The maximum absolute atomic E-state index is 12.1. The van der Waals surface area contributed by atoms with Crippen molar-refractivity contribution in [1.29, 1.82) is 0 Å². The van der Waals surface area contributed by atoms with Crippen LogP contribution in [0, 0.1) is 6.92 Å². The molecule has 0 radical (unpaired) electrons. The zero-order chi connectivity index (χ0) is 14.5. The Morgan fingerprint density at radius 3 is 2.65 bits per heavy atom. The highest BCUT2D eigenvalue weighted by atomic mass is 16.6. The number of carbonyl (C=O) groups excluding carboxylic acids is 1. The third kappa shape index (κ3) is 2.80. The molecule has 0 aliphatic heterocycles. The van der Waals surface area contributed by atoms with Gasteiger partial charge in [0.1, 0.15) is 6.33 Å². The van der Waals surface area contributed by atoms with E-state index in [1.165, 1.54) is 7.11 Å². The minimum atomic E-state index is -0.454. The number of nitrogens with one attached hydrogen (secondary N) is 1. The topological polar surface area (TPSA) is 65.4 Å². The first kappa shape index (κ1) is 14.1. The smallest absolute Gasteiger partial charge is 0.359 e. The van der Waals surface area contributed by atoms with Crippen molar-refractivity contribution < 1.29 is 14.4 Å². The van der Waals surface area contributed by atoms with Crippen molar-refractivity contribution in [2.75, 3.05) is 19.2 Å². The van der Waals surface area contributed by atoms with E-state index in [1.807, 2.05) is 31.2 Å². The van der Waals surface area contributed by atoms with E-state index in [4.69, 9.17) is 9.57 Å². The van der Waals surface area contributed by atoms with E-state index >= 15 is 0 Å². The van der Waals surface area contributed by atoms with E-state index in [-0.39, 0.29) is 0 Å². The molecule has 0 saturated heterocycles. The van der Waals surface area contributed by atoms with E-state index < -0.39 is 5.97 Å². The van der Waals surface area contributed by atoms with Gasteiger partial charge in [-0.3, -0.25) is 9.40 Å². The molecule has 0 bridgehead atoms. The number of esters is 1. The van der Waals surface area contributed by atoms with Gasteiger partial charge in [-0.2, -0.15) is 0 Å². The van der Waals surface area contributed by atoms with E-state index in [0.29, 0.717) is 18.1 Å². The van der Waals surface area contributed by atoms with Crippen LogP contribution in [0.2, 0.25) is 0 Å². The molecule has 1 N–H and O–H groups in total. The molecule has 2 aromatic rings. The van der Waals surface area contributed by atoms with Crippen molar-refractivity contribution in [3.8, 4) is 5.69 Å². The monoisotopic (exact) mass is 275 g/mol. The lowest BCUT2D eigenvalue weighted by molar-refractivity contribution is 0.0517. The molecule has 0 aliphatic carbocycles. The van der Waals surface area contributed by atoms with E-state index in [2.05, 4.69) is 10.5 Å². The predicted molar refractivity (Wildman–Crippen MR) is 74.9 cm³/mol. The van der Waals surface area contributed by atoms with Crippen molar-refractivity contribution in [2.45, 2.75) is 13.8 Å². The number of anilines is 1. The lowest BCUT2D eigenvalue weighted by Crippen LogP contribution is -2.13. The summed E-state index contributed by atoms with van der Waals surface area (Å²) in [6.07, 6.45) is 1.55. The summed E-state index contributed by atoms with van der Waals surface area (Å²) in [4.78, 5) is 21.0. The molecule has 106 valence electrons. The van der Waals surface area contributed by atoms with Crippen LogP contribution in [0.15, 0.2) is 30.6 Å². The Balaban J connectivity index is 2.47. The molecule has 0 unspecified atom stereocenters. The van der Waals surface area contributed by atoms with Crippen LogP contribution in [0.5, 0.6) is 0 Å². The third-order valence-electron chi connectivity index (χ3n) is 2.75. The molecular formula is C14H17N3O3. The lowest BCUT2D eigenvalue weighted by Gasteiger charge is -2.09. The Morgan fingerprint density at radius 1 is 1.35 bits per heavy atom. The van der Waals surface area contributed by atoms with Crippen molar-refractivity contribution >= 4 is 11.8 Å². The van der Waals surface area contributed by atoms with Gasteiger partial charge >= 0.3 is 5.97 Å². The summed E-state index contributed by atoms with van der Waals surface area (Å²) in [5.41, 5.74) is 4.86. The maximum atomic E-state index is 12.1. The lowest BCUT2D eigenvalue weighted by atomic mass is 10.2. The van der Waals surface area contributed by atoms with Gasteiger partial charge in [-0.05, 0) is 26.0 Å². The first-order valence-electron chi connectivity index (χ1n) is 6.27. The van der Waals surface area contributed by atoms with Crippen molar-refractivity contribution in [2.24, 2.45) is 0 Å².